The Morgan fingerprint density at radius 3 is 2.32 bits per heavy atom. The van der Waals surface area contributed by atoms with E-state index in [-0.39, 0.29) is 0 Å². The van der Waals surface area contributed by atoms with E-state index in [4.69, 9.17) is 14.2 Å². The number of carbonyl (C=O) groups excluding carboxylic acids is 1. The van der Waals surface area contributed by atoms with Crippen molar-refractivity contribution in [3.05, 3.63) is 58.6 Å². The Kier molecular flexibility index (Phi) is 5.61. The molecule has 2 aromatic rings. The van der Waals surface area contributed by atoms with Gasteiger partial charge in [0, 0.05) is 16.1 Å². The van der Waals surface area contributed by atoms with Gasteiger partial charge in [0.25, 0.3) is 0 Å². The molecule has 22 heavy (non-hydrogen) atoms. The summed E-state index contributed by atoms with van der Waals surface area (Å²) in [6.07, 6.45) is 2.97. The summed E-state index contributed by atoms with van der Waals surface area (Å²) in [5, 5.41) is 0. The highest BCUT2D eigenvalue weighted by Crippen LogP contribution is 2.25. The number of methoxy groups -OCH3 is 2. The van der Waals surface area contributed by atoms with Crippen LogP contribution in [-0.4, -0.2) is 20.2 Å². The SMILES string of the molecule is COc1ccc(OC)c(/C=C/C(=O)Oc2ccc(Br)cc2)c1. The molecular weight excluding hydrogens is 348 g/mol. The predicted molar refractivity (Wildman–Crippen MR) is 88.4 cm³/mol. The van der Waals surface area contributed by atoms with Gasteiger partial charge in [-0.1, -0.05) is 15.9 Å². The van der Waals surface area contributed by atoms with Crippen LogP contribution in [0.1, 0.15) is 5.56 Å². The maximum Gasteiger partial charge on any atom is 0.336 e. The van der Waals surface area contributed by atoms with E-state index in [1.54, 1.807) is 62.8 Å². The fraction of sp³-hybridized carbons (Fsp3) is 0.118. The molecule has 0 aliphatic carbocycles. The quantitative estimate of drug-likeness (QED) is 0.456. The summed E-state index contributed by atoms with van der Waals surface area (Å²) >= 11 is 3.32. The lowest BCUT2D eigenvalue weighted by Gasteiger charge is -2.07. The van der Waals surface area contributed by atoms with Gasteiger partial charge in [-0.3, -0.25) is 0 Å². The van der Waals surface area contributed by atoms with E-state index in [9.17, 15) is 4.79 Å². The second-order valence-corrected chi connectivity index (χ2v) is 5.23. The van der Waals surface area contributed by atoms with Crippen molar-refractivity contribution >= 4 is 28.0 Å². The summed E-state index contributed by atoms with van der Waals surface area (Å²) in [6.45, 7) is 0. The first-order valence-corrected chi connectivity index (χ1v) is 7.29. The summed E-state index contributed by atoms with van der Waals surface area (Å²) in [7, 11) is 3.15. The third-order valence-corrected chi connectivity index (χ3v) is 3.40. The maximum absolute atomic E-state index is 11.8. The number of benzene rings is 2. The van der Waals surface area contributed by atoms with Crippen LogP contribution in [0.25, 0.3) is 6.08 Å². The molecule has 0 fully saturated rings. The number of hydrogen-bond acceptors (Lipinski definition) is 4. The molecule has 0 amide bonds. The molecule has 0 aliphatic rings. The largest absolute Gasteiger partial charge is 0.497 e. The third-order valence-electron chi connectivity index (χ3n) is 2.87. The zero-order chi connectivity index (χ0) is 15.9. The smallest absolute Gasteiger partial charge is 0.336 e. The van der Waals surface area contributed by atoms with Crippen molar-refractivity contribution in [1.82, 2.24) is 0 Å². The number of carbonyl (C=O) groups is 1. The van der Waals surface area contributed by atoms with Gasteiger partial charge in [0.2, 0.25) is 0 Å². The van der Waals surface area contributed by atoms with E-state index in [0.29, 0.717) is 17.2 Å². The first kappa shape index (κ1) is 16.1. The van der Waals surface area contributed by atoms with Crippen molar-refractivity contribution in [3.63, 3.8) is 0 Å². The molecule has 2 aromatic carbocycles. The molecule has 0 unspecified atom stereocenters. The summed E-state index contributed by atoms with van der Waals surface area (Å²) in [4.78, 5) is 11.8. The normalized spacial score (nSPS) is 10.5. The molecule has 0 saturated heterocycles. The zero-order valence-corrected chi connectivity index (χ0v) is 13.8. The van der Waals surface area contributed by atoms with Crippen LogP contribution < -0.4 is 14.2 Å². The van der Waals surface area contributed by atoms with E-state index in [0.717, 1.165) is 10.0 Å². The van der Waals surface area contributed by atoms with Crippen LogP contribution in [0.2, 0.25) is 0 Å². The summed E-state index contributed by atoms with van der Waals surface area (Å²) < 4.78 is 16.5. The van der Waals surface area contributed by atoms with Gasteiger partial charge in [0.15, 0.2) is 0 Å². The van der Waals surface area contributed by atoms with Gasteiger partial charge >= 0.3 is 5.97 Å². The van der Waals surface area contributed by atoms with Gasteiger partial charge in [-0.2, -0.15) is 0 Å². The average Bonchev–Trinajstić information content (AvgIpc) is 2.54. The monoisotopic (exact) mass is 362 g/mol. The molecule has 114 valence electrons. The Morgan fingerprint density at radius 1 is 1.00 bits per heavy atom. The van der Waals surface area contributed by atoms with E-state index < -0.39 is 5.97 Å². The highest BCUT2D eigenvalue weighted by molar-refractivity contribution is 9.10. The minimum Gasteiger partial charge on any atom is -0.497 e. The first-order valence-electron chi connectivity index (χ1n) is 6.50. The van der Waals surface area contributed by atoms with Gasteiger partial charge in [0.1, 0.15) is 17.2 Å². The van der Waals surface area contributed by atoms with Crippen molar-refractivity contribution in [2.24, 2.45) is 0 Å². The predicted octanol–water partition coefficient (Wildman–Crippen LogP) is 4.09. The lowest BCUT2D eigenvalue weighted by Crippen LogP contribution is -2.03. The molecule has 4 nitrogen and oxygen atoms in total. The fourth-order valence-electron chi connectivity index (χ4n) is 1.78. The van der Waals surface area contributed by atoms with Crippen LogP contribution in [0.5, 0.6) is 17.2 Å². The number of halogens is 1. The lowest BCUT2D eigenvalue weighted by atomic mass is 10.1. The maximum atomic E-state index is 11.8. The van der Waals surface area contributed by atoms with Crippen LogP contribution in [0, 0.1) is 0 Å². The molecule has 0 spiro atoms. The van der Waals surface area contributed by atoms with Crippen LogP contribution in [0.15, 0.2) is 53.0 Å². The van der Waals surface area contributed by atoms with Crippen LogP contribution in [-0.2, 0) is 4.79 Å². The van der Waals surface area contributed by atoms with Crippen molar-refractivity contribution in [2.75, 3.05) is 14.2 Å². The van der Waals surface area contributed by atoms with Crippen LogP contribution >= 0.6 is 15.9 Å². The Bertz CT molecular complexity index is 678. The molecule has 0 aliphatic heterocycles. The highest BCUT2D eigenvalue weighted by Gasteiger charge is 2.04. The molecule has 0 bridgehead atoms. The Morgan fingerprint density at radius 2 is 1.68 bits per heavy atom. The van der Waals surface area contributed by atoms with Crippen LogP contribution in [0.3, 0.4) is 0 Å². The molecule has 0 heterocycles. The fourth-order valence-corrected chi connectivity index (χ4v) is 2.04. The summed E-state index contributed by atoms with van der Waals surface area (Å²) in [6, 6.07) is 12.4. The first-order chi connectivity index (χ1) is 10.6. The molecule has 0 aromatic heterocycles. The molecular formula is C17H15BrO4. The Balaban J connectivity index is 2.10. The van der Waals surface area contributed by atoms with E-state index in [1.165, 1.54) is 6.08 Å². The van der Waals surface area contributed by atoms with Gasteiger partial charge in [-0.05, 0) is 48.5 Å². The van der Waals surface area contributed by atoms with Crippen molar-refractivity contribution < 1.29 is 19.0 Å². The molecule has 0 N–H and O–H groups in total. The van der Waals surface area contributed by atoms with Gasteiger partial charge < -0.3 is 14.2 Å². The van der Waals surface area contributed by atoms with Gasteiger partial charge in [-0.25, -0.2) is 4.79 Å². The third kappa shape index (κ3) is 4.36. The van der Waals surface area contributed by atoms with Crippen molar-refractivity contribution in [3.8, 4) is 17.2 Å². The minimum atomic E-state index is -0.466. The Hall–Kier alpha value is -2.27. The molecule has 0 atom stereocenters. The number of ether oxygens (including phenoxy) is 3. The number of esters is 1. The van der Waals surface area contributed by atoms with Crippen molar-refractivity contribution in [2.45, 2.75) is 0 Å². The molecule has 0 saturated carbocycles. The number of hydrogen-bond donors (Lipinski definition) is 0. The number of rotatable bonds is 5. The van der Waals surface area contributed by atoms with Crippen molar-refractivity contribution in [1.29, 1.82) is 0 Å². The lowest BCUT2D eigenvalue weighted by molar-refractivity contribution is -0.128. The highest BCUT2D eigenvalue weighted by atomic mass is 79.9. The van der Waals surface area contributed by atoms with Crippen LogP contribution in [0.4, 0.5) is 0 Å². The van der Waals surface area contributed by atoms with E-state index in [2.05, 4.69) is 15.9 Å². The standard InChI is InChI=1S/C17H15BrO4/c1-20-15-8-9-16(21-2)12(11-15)3-10-17(19)22-14-6-4-13(18)5-7-14/h3-11H,1-2H3/b10-3+. The average molecular weight is 363 g/mol. The van der Waals surface area contributed by atoms with E-state index >= 15 is 0 Å². The molecule has 5 heteroatoms. The topological polar surface area (TPSA) is 44.8 Å². The second kappa shape index (κ2) is 7.66. The van der Waals surface area contributed by atoms with Gasteiger partial charge in [0.05, 0.1) is 14.2 Å². The van der Waals surface area contributed by atoms with E-state index in [1.807, 2.05) is 0 Å². The Labute approximate surface area is 137 Å². The second-order valence-electron chi connectivity index (χ2n) is 4.32. The molecule has 2 rings (SSSR count). The van der Waals surface area contributed by atoms with Gasteiger partial charge in [-0.15, -0.1) is 0 Å². The summed E-state index contributed by atoms with van der Waals surface area (Å²) in [5.41, 5.74) is 0.731. The molecule has 0 radical (unpaired) electrons. The summed E-state index contributed by atoms with van der Waals surface area (Å²) in [5.74, 6) is 1.35. The zero-order valence-electron chi connectivity index (χ0n) is 12.2. The minimum absolute atomic E-state index is 0.466.